The van der Waals surface area contributed by atoms with Crippen molar-refractivity contribution in [1.29, 1.82) is 0 Å². The average Bonchev–Trinajstić information content (AvgIpc) is 2.82. The summed E-state index contributed by atoms with van der Waals surface area (Å²) in [5, 5.41) is 3.71. The summed E-state index contributed by atoms with van der Waals surface area (Å²) >= 11 is 5.70. The zero-order valence-electron chi connectivity index (χ0n) is 18.3. The number of hydrogen-bond donors (Lipinski definition) is 1. The van der Waals surface area contributed by atoms with Gasteiger partial charge in [0, 0.05) is 11.8 Å². The van der Waals surface area contributed by atoms with Crippen LogP contribution < -0.4 is 29.2 Å². The lowest BCUT2D eigenvalue weighted by atomic mass is 9.94. The number of nitrogens with one attached hydrogen (secondary N) is 1. The molecule has 8 nitrogen and oxygen atoms in total. The highest BCUT2D eigenvalue weighted by atomic mass is 32.1. The molecule has 0 saturated heterocycles. The summed E-state index contributed by atoms with van der Waals surface area (Å²) < 4.78 is 27.2. The minimum Gasteiger partial charge on any atom is -0.493 e. The monoisotopic (exact) mass is 456 g/mol. The molecule has 2 aromatic carbocycles. The number of nitrogens with zero attached hydrogens (tertiary/aromatic N) is 1. The Morgan fingerprint density at radius 2 is 1.75 bits per heavy atom. The number of allylic oxidation sites excluding steroid dienone is 1. The smallest absolute Gasteiger partial charge is 0.337 e. The topological polar surface area (TPSA) is 78.5 Å². The van der Waals surface area contributed by atoms with E-state index in [2.05, 4.69) is 5.32 Å². The van der Waals surface area contributed by atoms with E-state index in [1.807, 2.05) is 37.3 Å². The van der Waals surface area contributed by atoms with Gasteiger partial charge in [0.1, 0.15) is 13.2 Å². The highest BCUT2D eigenvalue weighted by molar-refractivity contribution is 7.80. The molecule has 2 aliphatic rings. The van der Waals surface area contributed by atoms with Crippen LogP contribution in [-0.4, -0.2) is 45.6 Å². The first-order chi connectivity index (χ1) is 15.5. The first-order valence-corrected chi connectivity index (χ1v) is 10.4. The number of methoxy groups -OCH3 is 3. The summed E-state index contributed by atoms with van der Waals surface area (Å²) in [5.74, 6) is 1.99. The number of fused-ring (bicyclic) bond motifs is 1. The fourth-order valence-electron chi connectivity index (χ4n) is 3.88. The van der Waals surface area contributed by atoms with E-state index in [-0.39, 0.29) is 0 Å². The van der Waals surface area contributed by atoms with Gasteiger partial charge >= 0.3 is 5.97 Å². The van der Waals surface area contributed by atoms with E-state index in [1.165, 1.54) is 7.11 Å². The number of thiocarbonyl (C=S) groups is 1. The lowest BCUT2D eigenvalue weighted by Crippen LogP contribution is -2.48. The van der Waals surface area contributed by atoms with Crippen molar-refractivity contribution in [2.45, 2.75) is 13.0 Å². The number of carbonyl (C=O) groups is 1. The largest absolute Gasteiger partial charge is 0.493 e. The van der Waals surface area contributed by atoms with Gasteiger partial charge in [-0.15, -0.1) is 0 Å². The fraction of sp³-hybridized carbons (Fsp3) is 0.304. The molecule has 4 rings (SSSR count). The lowest BCUT2D eigenvalue weighted by molar-refractivity contribution is -0.136. The molecule has 9 heteroatoms. The van der Waals surface area contributed by atoms with E-state index in [0.29, 0.717) is 52.6 Å². The zero-order chi connectivity index (χ0) is 22.8. The maximum Gasteiger partial charge on any atom is 0.337 e. The second-order valence-electron chi connectivity index (χ2n) is 7.15. The van der Waals surface area contributed by atoms with Crippen LogP contribution in [-0.2, 0) is 9.53 Å². The minimum absolute atomic E-state index is 0.434. The third kappa shape index (κ3) is 3.80. The van der Waals surface area contributed by atoms with Crippen molar-refractivity contribution in [3.63, 3.8) is 0 Å². The third-order valence-corrected chi connectivity index (χ3v) is 5.72. The zero-order valence-corrected chi connectivity index (χ0v) is 19.1. The summed E-state index contributed by atoms with van der Waals surface area (Å²) in [6.07, 6.45) is 0. The van der Waals surface area contributed by atoms with E-state index < -0.39 is 12.0 Å². The van der Waals surface area contributed by atoms with Gasteiger partial charge in [0.05, 0.1) is 38.6 Å². The first kappa shape index (κ1) is 21.8. The van der Waals surface area contributed by atoms with Crippen molar-refractivity contribution in [1.82, 2.24) is 5.32 Å². The Morgan fingerprint density at radius 3 is 2.44 bits per heavy atom. The predicted octanol–water partition coefficient (Wildman–Crippen LogP) is 3.36. The Balaban J connectivity index is 1.80. The molecule has 0 unspecified atom stereocenters. The Hall–Kier alpha value is -3.46. The van der Waals surface area contributed by atoms with E-state index in [9.17, 15) is 4.79 Å². The van der Waals surface area contributed by atoms with Crippen molar-refractivity contribution < 1.29 is 28.5 Å². The van der Waals surface area contributed by atoms with E-state index in [4.69, 9.17) is 35.9 Å². The molecule has 0 amide bonds. The van der Waals surface area contributed by atoms with Crippen molar-refractivity contribution in [3.05, 3.63) is 53.2 Å². The van der Waals surface area contributed by atoms with Gasteiger partial charge in [-0.25, -0.2) is 4.79 Å². The van der Waals surface area contributed by atoms with Gasteiger partial charge in [0.25, 0.3) is 0 Å². The molecule has 2 aromatic rings. The number of ether oxygens (including phenoxy) is 5. The number of hydrogen-bond acceptors (Lipinski definition) is 7. The Kier molecular flexibility index (Phi) is 6.09. The molecule has 32 heavy (non-hydrogen) atoms. The molecular formula is C23H24N2O6S. The molecule has 2 heterocycles. The molecule has 0 bridgehead atoms. The highest BCUT2D eigenvalue weighted by Crippen LogP contribution is 2.40. The summed E-state index contributed by atoms with van der Waals surface area (Å²) in [7, 11) is 4.49. The average molecular weight is 457 g/mol. The van der Waals surface area contributed by atoms with Crippen LogP contribution in [0, 0.1) is 0 Å². The third-order valence-electron chi connectivity index (χ3n) is 5.41. The number of carbonyl (C=O) groups excluding carboxylic acids is 1. The van der Waals surface area contributed by atoms with Gasteiger partial charge < -0.3 is 29.0 Å². The van der Waals surface area contributed by atoms with Crippen molar-refractivity contribution in [2.24, 2.45) is 0 Å². The van der Waals surface area contributed by atoms with E-state index in [1.54, 1.807) is 25.2 Å². The number of benzene rings is 2. The molecule has 168 valence electrons. The molecule has 0 aliphatic carbocycles. The fourth-order valence-corrected chi connectivity index (χ4v) is 4.24. The van der Waals surface area contributed by atoms with E-state index in [0.717, 1.165) is 11.3 Å². The van der Waals surface area contributed by atoms with Crippen molar-refractivity contribution in [3.8, 4) is 23.0 Å². The molecule has 0 fully saturated rings. The summed E-state index contributed by atoms with van der Waals surface area (Å²) in [6.45, 7) is 2.82. The van der Waals surface area contributed by atoms with E-state index >= 15 is 0 Å². The molecule has 1 atom stereocenters. The molecule has 0 spiro atoms. The highest BCUT2D eigenvalue weighted by Gasteiger charge is 2.36. The Labute approximate surface area is 191 Å². The predicted molar refractivity (Wildman–Crippen MR) is 123 cm³/mol. The molecule has 0 radical (unpaired) electrons. The van der Waals surface area contributed by atoms with Crippen LogP contribution >= 0.6 is 12.2 Å². The van der Waals surface area contributed by atoms with Crippen molar-refractivity contribution >= 4 is 29.0 Å². The number of rotatable bonds is 5. The molecular weight excluding hydrogens is 432 g/mol. The maximum absolute atomic E-state index is 12.9. The van der Waals surface area contributed by atoms with Crippen LogP contribution in [0.5, 0.6) is 23.0 Å². The van der Waals surface area contributed by atoms with Crippen LogP contribution in [0.15, 0.2) is 47.7 Å². The van der Waals surface area contributed by atoms with Gasteiger partial charge in [-0.3, -0.25) is 4.90 Å². The Bertz CT molecular complexity index is 1100. The van der Waals surface area contributed by atoms with Crippen LogP contribution in [0.4, 0.5) is 5.69 Å². The summed E-state index contributed by atoms with van der Waals surface area (Å²) in [4.78, 5) is 14.7. The van der Waals surface area contributed by atoms with Crippen LogP contribution in [0.2, 0.25) is 0 Å². The first-order valence-electron chi connectivity index (χ1n) is 9.99. The molecule has 1 N–H and O–H groups in total. The van der Waals surface area contributed by atoms with Gasteiger partial charge in [-0.2, -0.15) is 0 Å². The minimum atomic E-state index is -0.525. The quantitative estimate of drug-likeness (QED) is 0.538. The van der Waals surface area contributed by atoms with Crippen LogP contribution in [0.25, 0.3) is 0 Å². The van der Waals surface area contributed by atoms with Crippen LogP contribution in [0.1, 0.15) is 18.5 Å². The molecule has 0 saturated carbocycles. The summed E-state index contributed by atoms with van der Waals surface area (Å²) in [6, 6.07) is 10.5. The lowest BCUT2D eigenvalue weighted by Gasteiger charge is -2.37. The van der Waals surface area contributed by atoms with Gasteiger partial charge in [0.2, 0.25) is 0 Å². The summed E-state index contributed by atoms with van der Waals surface area (Å²) in [5.41, 5.74) is 2.61. The number of esters is 1. The maximum atomic E-state index is 12.9. The molecule has 0 aromatic heterocycles. The second kappa shape index (κ2) is 8.96. The second-order valence-corrected chi connectivity index (χ2v) is 7.54. The Morgan fingerprint density at radius 1 is 1.03 bits per heavy atom. The van der Waals surface area contributed by atoms with Crippen molar-refractivity contribution in [2.75, 3.05) is 39.4 Å². The molecule has 2 aliphatic heterocycles. The number of anilines is 1. The van der Waals surface area contributed by atoms with Crippen LogP contribution in [0.3, 0.4) is 0 Å². The normalized spacial score (nSPS) is 17.6. The van der Waals surface area contributed by atoms with Gasteiger partial charge in [-0.05, 0) is 49.0 Å². The van der Waals surface area contributed by atoms with Gasteiger partial charge in [0.15, 0.2) is 28.1 Å². The SMILES string of the molecule is COC(=O)C1=C(C)N(c2ccc3c(c2)OCCO3)C(=S)N[C@@H]1c1ccc(OC)c(OC)c1. The van der Waals surface area contributed by atoms with Gasteiger partial charge in [-0.1, -0.05) is 6.07 Å². The standard InChI is InChI=1S/C23H24N2O6S/c1-13-20(22(26)29-4)21(14-5-7-16(27-2)18(11-14)28-3)24-23(32)25(13)15-6-8-17-19(12-15)31-10-9-30-17/h5-8,11-12,21H,9-10H2,1-4H3,(H,24,32)/t21-/m1/s1.